The fraction of sp³-hybridized carbons (Fsp3) is 0.468. The van der Waals surface area contributed by atoms with Crippen LogP contribution in [0.5, 0.6) is 5.75 Å². The predicted molar refractivity (Wildman–Crippen MR) is 243 cm³/mol. The van der Waals surface area contributed by atoms with E-state index in [0.717, 1.165) is 0 Å². The van der Waals surface area contributed by atoms with E-state index in [0.29, 0.717) is 43.4 Å². The number of amides is 5. The SMILES string of the molecule is C=CCOC(=O)NCCCCC(N)C(=O)NC(Cc1ccc(O)cc1)C(=O)CCC(=O)NC(Cc1ccccc1)C(=O)CCC(=O)NCC(=O)CC(CCCCNC(=O)OCC=C)C(=O)O. The molecule has 0 saturated carbocycles. The minimum absolute atomic E-state index is 0.00459. The summed E-state index contributed by atoms with van der Waals surface area (Å²) in [5.41, 5.74) is 7.48. The number of rotatable bonds is 34. The lowest BCUT2D eigenvalue weighted by molar-refractivity contribution is -0.144. The van der Waals surface area contributed by atoms with Gasteiger partial charge in [0.25, 0.3) is 0 Å². The van der Waals surface area contributed by atoms with Gasteiger partial charge in [0.2, 0.25) is 17.7 Å². The maximum absolute atomic E-state index is 13.6. The number of ether oxygens (including phenoxy) is 2. The third kappa shape index (κ3) is 24.2. The number of hydrogen-bond donors (Lipinski definition) is 8. The Hall–Kier alpha value is -6.89. The Morgan fingerprint density at radius 3 is 1.70 bits per heavy atom. The minimum Gasteiger partial charge on any atom is -0.508 e. The van der Waals surface area contributed by atoms with Crippen molar-refractivity contribution >= 4 is 53.2 Å². The van der Waals surface area contributed by atoms with Crippen molar-refractivity contribution in [3.8, 4) is 5.75 Å². The summed E-state index contributed by atoms with van der Waals surface area (Å²) in [7, 11) is 0. The molecule has 0 fully saturated rings. The van der Waals surface area contributed by atoms with Crippen molar-refractivity contribution in [2.75, 3.05) is 32.8 Å². The van der Waals surface area contributed by atoms with Crippen LogP contribution < -0.4 is 32.3 Å². The molecule has 19 nitrogen and oxygen atoms in total. The first kappa shape index (κ1) is 55.2. The van der Waals surface area contributed by atoms with E-state index in [-0.39, 0.29) is 83.3 Å². The van der Waals surface area contributed by atoms with Crippen LogP contribution in [0.25, 0.3) is 0 Å². The fourth-order valence-electron chi connectivity index (χ4n) is 6.41. The summed E-state index contributed by atoms with van der Waals surface area (Å²) in [6, 6.07) is 11.7. The highest BCUT2D eigenvalue weighted by Crippen LogP contribution is 2.16. The van der Waals surface area contributed by atoms with Crippen LogP contribution in [0.2, 0.25) is 0 Å². The smallest absolute Gasteiger partial charge is 0.407 e. The molecule has 0 radical (unpaired) electrons. The fourth-order valence-corrected chi connectivity index (χ4v) is 6.41. The number of phenolic OH excluding ortho intramolecular Hbond substituents is 1. The number of aromatic hydroxyl groups is 1. The van der Waals surface area contributed by atoms with Crippen LogP contribution in [0.1, 0.15) is 81.8 Å². The summed E-state index contributed by atoms with van der Waals surface area (Å²) >= 11 is 0. The van der Waals surface area contributed by atoms with Crippen LogP contribution in [-0.2, 0) is 55.9 Å². The third-order valence-electron chi connectivity index (χ3n) is 10.1. The normalized spacial score (nSPS) is 12.4. The van der Waals surface area contributed by atoms with Gasteiger partial charge in [0.1, 0.15) is 19.0 Å². The van der Waals surface area contributed by atoms with Gasteiger partial charge in [0, 0.05) is 45.2 Å². The zero-order valence-electron chi connectivity index (χ0n) is 37.3. The molecule has 0 aliphatic rings. The minimum atomic E-state index is -1.17. The molecule has 4 atom stereocenters. The van der Waals surface area contributed by atoms with Crippen LogP contribution in [0, 0.1) is 5.92 Å². The Morgan fingerprint density at radius 1 is 0.636 bits per heavy atom. The molecule has 4 unspecified atom stereocenters. The standard InChI is InChI=1S/C47H64N6O13/c1-3-26-65-46(63)49-24-10-8-14-34(45(61)62)30-36(55)31-51-42(58)22-20-40(56)38(28-32-12-6-5-7-13-32)52-43(59)23-21-41(57)39(29-33-16-18-35(54)19-17-33)53-44(60)37(48)15-9-11-25-50-47(64)66-27-4-2/h3-7,12-13,16-19,34,37-39,54H,1-2,8-11,14-15,20-31,48H2,(H,49,63)(H,50,64)(H,51,58)(H,52,59)(H,53,60)(H,61,62). The highest BCUT2D eigenvalue weighted by Gasteiger charge is 2.27. The van der Waals surface area contributed by atoms with Crippen molar-refractivity contribution in [1.82, 2.24) is 26.6 Å². The Morgan fingerprint density at radius 2 is 1.15 bits per heavy atom. The Bertz CT molecular complexity index is 1930. The zero-order valence-corrected chi connectivity index (χ0v) is 37.3. The van der Waals surface area contributed by atoms with Crippen molar-refractivity contribution in [2.45, 2.75) is 102 Å². The highest BCUT2D eigenvalue weighted by molar-refractivity contribution is 5.95. The van der Waals surface area contributed by atoms with Gasteiger partial charge in [-0.15, -0.1) is 0 Å². The van der Waals surface area contributed by atoms with Crippen molar-refractivity contribution in [3.63, 3.8) is 0 Å². The zero-order chi connectivity index (χ0) is 48.7. The number of carbonyl (C=O) groups excluding carboxylic acids is 8. The summed E-state index contributed by atoms with van der Waals surface area (Å²) in [5, 5.41) is 32.3. The van der Waals surface area contributed by atoms with Gasteiger partial charge in [-0.25, -0.2) is 9.59 Å². The lowest BCUT2D eigenvalue weighted by atomic mass is 9.96. The van der Waals surface area contributed by atoms with Gasteiger partial charge in [-0.1, -0.05) is 74.2 Å². The highest BCUT2D eigenvalue weighted by atomic mass is 16.6. The summed E-state index contributed by atoms with van der Waals surface area (Å²) in [6.07, 6.45) is 2.42. The maximum Gasteiger partial charge on any atom is 0.407 e. The van der Waals surface area contributed by atoms with Gasteiger partial charge in [-0.3, -0.25) is 33.6 Å². The van der Waals surface area contributed by atoms with E-state index in [1.165, 1.54) is 24.3 Å². The lowest BCUT2D eigenvalue weighted by Crippen LogP contribution is -2.49. The van der Waals surface area contributed by atoms with Crippen molar-refractivity contribution in [2.24, 2.45) is 11.7 Å². The molecule has 0 saturated heterocycles. The topological polar surface area (TPSA) is 299 Å². The number of hydrogen-bond acceptors (Lipinski definition) is 13. The van der Waals surface area contributed by atoms with E-state index < -0.39 is 83.8 Å². The van der Waals surface area contributed by atoms with Crippen LogP contribution in [0.15, 0.2) is 79.9 Å². The summed E-state index contributed by atoms with van der Waals surface area (Å²) < 4.78 is 9.64. The quantitative estimate of drug-likeness (QED) is 0.0370. The van der Waals surface area contributed by atoms with E-state index in [1.807, 2.05) is 0 Å². The monoisotopic (exact) mass is 920 g/mol. The molecule has 0 heterocycles. The first-order valence-corrected chi connectivity index (χ1v) is 21.9. The number of carboxylic acid groups (broad SMARTS) is 1. The van der Waals surface area contributed by atoms with E-state index >= 15 is 0 Å². The number of carboxylic acids is 1. The number of carbonyl (C=O) groups is 9. The molecule has 2 aromatic carbocycles. The number of phenols is 1. The average Bonchev–Trinajstić information content (AvgIpc) is 3.30. The molecule has 0 aliphatic carbocycles. The molecule has 66 heavy (non-hydrogen) atoms. The van der Waals surface area contributed by atoms with Gasteiger partial charge >= 0.3 is 18.2 Å². The van der Waals surface area contributed by atoms with Gasteiger partial charge in [-0.2, -0.15) is 0 Å². The Balaban J connectivity index is 1.95. The van der Waals surface area contributed by atoms with Crippen LogP contribution in [-0.4, -0.2) is 114 Å². The lowest BCUT2D eigenvalue weighted by Gasteiger charge is -2.21. The van der Waals surface area contributed by atoms with E-state index in [4.69, 9.17) is 15.2 Å². The predicted octanol–water partition coefficient (Wildman–Crippen LogP) is 3.11. The molecule has 9 N–H and O–H groups in total. The number of benzene rings is 2. The summed E-state index contributed by atoms with van der Waals surface area (Å²) in [4.78, 5) is 114. The number of alkyl carbamates (subject to hydrolysis) is 2. The number of nitrogens with one attached hydrogen (secondary N) is 5. The van der Waals surface area contributed by atoms with Crippen molar-refractivity contribution < 1.29 is 62.8 Å². The third-order valence-corrected chi connectivity index (χ3v) is 10.1. The Kier molecular flexibility index (Phi) is 26.7. The molecule has 2 aromatic rings. The molecule has 0 aliphatic heterocycles. The number of nitrogens with two attached hydrogens (primary N) is 1. The molecule has 19 heteroatoms. The second-order valence-corrected chi connectivity index (χ2v) is 15.5. The second kappa shape index (κ2) is 31.9. The first-order valence-electron chi connectivity index (χ1n) is 21.9. The van der Waals surface area contributed by atoms with Crippen molar-refractivity contribution in [3.05, 3.63) is 91.0 Å². The number of unbranched alkanes of at least 4 members (excludes halogenated alkanes) is 2. The molecule has 2 rings (SSSR count). The number of Topliss-reactive ketones (excluding diaryl/α,β-unsaturated/α-hetero) is 3. The maximum atomic E-state index is 13.6. The van der Waals surface area contributed by atoms with Crippen LogP contribution >= 0.6 is 0 Å². The molecule has 0 spiro atoms. The largest absolute Gasteiger partial charge is 0.508 e. The summed E-state index contributed by atoms with van der Waals surface area (Å²) in [5.74, 6) is -5.50. The molecule has 0 bridgehead atoms. The number of aliphatic carboxylic acids is 1. The molecule has 0 aromatic heterocycles. The van der Waals surface area contributed by atoms with Crippen LogP contribution in [0.3, 0.4) is 0 Å². The Labute approximate surface area is 384 Å². The number of ketones is 3. The van der Waals surface area contributed by atoms with E-state index in [1.54, 1.807) is 42.5 Å². The molecule has 5 amide bonds. The second-order valence-electron chi connectivity index (χ2n) is 15.5. The first-order chi connectivity index (χ1) is 31.6. The summed E-state index contributed by atoms with van der Waals surface area (Å²) in [6.45, 7) is 7.14. The molecule has 360 valence electrons. The average molecular weight is 921 g/mol. The van der Waals surface area contributed by atoms with E-state index in [2.05, 4.69) is 39.7 Å². The molecular weight excluding hydrogens is 857 g/mol. The van der Waals surface area contributed by atoms with Gasteiger partial charge in [0.05, 0.1) is 30.6 Å². The van der Waals surface area contributed by atoms with Gasteiger partial charge < -0.3 is 52.0 Å². The molecular formula is C47H64N6O13. The van der Waals surface area contributed by atoms with Crippen molar-refractivity contribution in [1.29, 1.82) is 0 Å². The van der Waals surface area contributed by atoms with Gasteiger partial charge in [-0.05, 0) is 68.2 Å². The van der Waals surface area contributed by atoms with Crippen LogP contribution in [0.4, 0.5) is 9.59 Å². The van der Waals surface area contributed by atoms with E-state index in [9.17, 15) is 53.4 Å². The van der Waals surface area contributed by atoms with Gasteiger partial charge in [0.15, 0.2) is 17.3 Å².